The second kappa shape index (κ2) is 4.88. The Balaban J connectivity index is 2.39. The van der Waals surface area contributed by atoms with Crippen LogP contribution in [0.1, 0.15) is 19.4 Å². The SMILES string of the molecule is C/C=C\C=C1/Cc2cc(Br)ccc2N1CC. The Morgan fingerprint density at radius 1 is 1.44 bits per heavy atom. The molecule has 1 heterocycles. The van der Waals surface area contributed by atoms with Crippen LogP contribution < -0.4 is 4.90 Å². The highest BCUT2D eigenvalue weighted by Gasteiger charge is 2.21. The molecule has 0 unspecified atom stereocenters. The summed E-state index contributed by atoms with van der Waals surface area (Å²) in [6.07, 6.45) is 7.42. The van der Waals surface area contributed by atoms with Crippen molar-refractivity contribution in [3.63, 3.8) is 0 Å². The molecular formula is C14H16BrN. The highest BCUT2D eigenvalue weighted by molar-refractivity contribution is 9.10. The molecule has 0 radical (unpaired) electrons. The van der Waals surface area contributed by atoms with E-state index in [0.717, 1.165) is 17.4 Å². The topological polar surface area (TPSA) is 3.24 Å². The maximum atomic E-state index is 3.53. The van der Waals surface area contributed by atoms with Gasteiger partial charge in [0.1, 0.15) is 0 Å². The van der Waals surface area contributed by atoms with Crippen molar-refractivity contribution >= 4 is 21.6 Å². The van der Waals surface area contributed by atoms with Crippen LogP contribution in [-0.4, -0.2) is 6.54 Å². The van der Waals surface area contributed by atoms with E-state index in [2.05, 4.69) is 64.2 Å². The summed E-state index contributed by atoms with van der Waals surface area (Å²) in [5.41, 5.74) is 4.14. The largest absolute Gasteiger partial charge is 0.345 e. The van der Waals surface area contributed by atoms with Crippen LogP contribution in [0.15, 0.2) is 46.6 Å². The molecule has 2 heteroatoms. The van der Waals surface area contributed by atoms with Gasteiger partial charge in [-0.1, -0.05) is 28.1 Å². The first kappa shape index (κ1) is 11.5. The number of rotatable bonds is 2. The Hall–Kier alpha value is -1.02. The molecule has 1 aromatic carbocycles. The van der Waals surface area contributed by atoms with Crippen LogP contribution in [0, 0.1) is 0 Å². The molecule has 0 aromatic heterocycles. The molecule has 0 atom stereocenters. The number of fused-ring (bicyclic) bond motifs is 1. The van der Waals surface area contributed by atoms with Crippen LogP contribution in [0.3, 0.4) is 0 Å². The van der Waals surface area contributed by atoms with Crippen LogP contribution in [0.4, 0.5) is 5.69 Å². The first-order valence-corrected chi connectivity index (χ1v) is 6.43. The van der Waals surface area contributed by atoms with Crippen LogP contribution in [0.5, 0.6) is 0 Å². The minimum absolute atomic E-state index is 1.03. The minimum atomic E-state index is 1.03. The molecule has 0 spiro atoms. The zero-order chi connectivity index (χ0) is 11.5. The zero-order valence-electron chi connectivity index (χ0n) is 9.70. The third-order valence-electron chi connectivity index (χ3n) is 2.85. The van der Waals surface area contributed by atoms with Crippen molar-refractivity contribution in [2.75, 3.05) is 11.4 Å². The number of halogens is 1. The van der Waals surface area contributed by atoms with Crippen LogP contribution >= 0.6 is 15.9 Å². The lowest BCUT2D eigenvalue weighted by atomic mass is 10.1. The molecule has 16 heavy (non-hydrogen) atoms. The van der Waals surface area contributed by atoms with E-state index in [1.54, 1.807) is 0 Å². The van der Waals surface area contributed by atoms with Crippen LogP contribution in [-0.2, 0) is 6.42 Å². The normalized spacial score (nSPS) is 17.4. The predicted octanol–water partition coefficient (Wildman–Crippen LogP) is 4.29. The van der Waals surface area contributed by atoms with Crippen LogP contribution in [0.2, 0.25) is 0 Å². The Labute approximate surface area is 106 Å². The van der Waals surface area contributed by atoms with E-state index in [4.69, 9.17) is 0 Å². The van der Waals surface area contributed by atoms with Gasteiger partial charge in [0.2, 0.25) is 0 Å². The van der Waals surface area contributed by atoms with E-state index < -0.39 is 0 Å². The lowest BCUT2D eigenvalue weighted by Crippen LogP contribution is -2.17. The van der Waals surface area contributed by atoms with Gasteiger partial charge in [0.05, 0.1) is 0 Å². The molecule has 84 valence electrons. The fraction of sp³-hybridized carbons (Fsp3) is 0.286. The summed E-state index contributed by atoms with van der Waals surface area (Å²) >= 11 is 3.53. The molecule has 0 saturated heterocycles. The number of hydrogen-bond donors (Lipinski definition) is 0. The molecule has 0 fully saturated rings. The Bertz CT molecular complexity index is 446. The molecule has 0 aliphatic carbocycles. The summed E-state index contributed by atoms with van der Waals surface area (Å²) in [6, 6.07) is 6.52. The number of anilines is 1. The second-order valence-electron chi connectivity index (χ2n) is 3.88. The molecule has 1 aromatic rings. The van der Waals surface area contributed by atoms with Gasteiger partial charge >= 0.3 is 0 Å². The molecule has 0 bridgehead atoms. The van der Waals surface area contributed by atoms with Crippen molar-refractivity contribution in [2.24, 2.45) is 0 Å². The molecule has 1 nitrogen and oxygen atoms in total. The van der Waals surface area contributed by atoms with Crippen molar-refractivity contribution in [3.05, 3.63) is 52.2 Å². The maximum Gasteiger partial charge on any atom is 0.0445 e. The average molecular weight is 278 g/mol. The van der Waals surface area contributed by atoms with Gasteiger partial charge in [-0.05, 0) is 43.7 Å². The van der Waals surface area contributed by atoms with E-state index in [0.29, 0.717) is 0 Å². The molecule has 0 saturated carbocycles. The zero-order valence-corrected chi connectivity index (χ0v) is 11.3. The summed E-state index contributed by atoms with van der Waals surface area (Å²) in [5, 5.41) is 0. The maximum absolute atomic E-state index is 3.53. The number of likely N-dealkylation sites (N-methyl/N-ethyl adjacent to an activating group) is 1. The highest BCUT2D eigenvalue weighted by Crippen LogP contribution is 2.35. The Kier molecular flexibility index (Phi) is 3.49. The van der Waals surface area contributed by atoms with Gasteiger partial charge in [-0.25, -0.2) is 0 Å². The van der Waals surface area contributed by atoms with Crippen molar-refractivity contribution in [1.29, 1.82) is 0 Å². The fourth-order valence-electron chi connectivity index (χ4n) is 2.13. The first-order valence-electron chi connectivity index (χ1n) is 5.64. The van der Waals surface area contributed by atoms with E-state index in [9.17, 15) is 0 Å². The minimum Gasteiger partial charge on any atom is -0.345 e. The fourth-order valence-corrected chi connectivity index (χ4v) is 2.54. The Morgan fingerprint density at radius 3 is 2.94 bits per heavy atom. The smallest absolute Gasteiger partial charge is 0.0445 e. The number of hydrogen-bond acceptors (Lipinski definition) is 1. The van der Waals surface area contributed by atoms with Crippen molar-refractivity contribution in [2.45, 2.75) is 20.3 Å². The summed E-state index contributed by atoms with van der Waals surface area (Å²) in [7, 11) is 0. The van der Waals surface area contributed by atoms with Gasteiger partial charge in [0, 0.05) is 28.8 Å². The molecule has 1 aliphatic heterocycles. The quantitative estimate of drug-likeness (QED) is 0.780. The number of benzene rings is 1. The average Bonchev–Trinajstić information content (AvgIpc) is 2.62. The van der Waals surface area contributed by atoms with Gasteiger partial charge in [0.25, 0.3) is 0 Å². The lowest BCUT2D eigenvalue weighted by Gasteiger charge is -2.18. The van der Waals surface area contributed by atoms with E-state index in [1.165, 1.54) is 16.9 Å². The molecule has 1 aliphatic rings. The molecular weight excluding hydrogens is 262 g/mol. The van der Waals surface area contributed by atoms with Crippen LogP contribution in [0.25, 0.3) is 0 Å². The standard InChI is InChI=1S/C14H16BrN/c1-3-5-6-13-10-11-9-12(15)7-8-14(11)16(13)4-2/h3,5-9H,4,10H2,1-2H3/b5-3-,13-6+. The van der Waals surface area contributed by atoms with Gasteiger partial charge < -0.3 is 4.90 Å². The third kappa shape index (κ3) is 2.07. The van der Waals surface area contributed by atoms with Crippen molar-refractivity contribution < 1.29 is 0 Å². The number of nitrogens with zero attached hydrogens (tertiary/aromatic N) is 1. The summed E-state index contributed by atoms with van der Waals surface area (Å²) in [4.78, 5) is 2.38. The predicted molar refractivity (Wildman–Crippen MR) is 73.8 cm³/mol. The van der Waals surface area contributed by atoms with Crippen molar-refractivity contribution in [3.8, 4) is 0 Å². The van der Waals surface area contributed by atoms with Gasteiger partial charge in [-0.3, -0.25) is 0 Å². The third-order valence-corrected chi connectivity index (χ3v) is 3.34. The summed E-state index contributed by atoms with van der Waals surface area (Å²) < 4.78 is 1.16. The molecule has 2 rings (SSSR count). The van der Waals surface area contributed by atoms with E-state index in [1.807, 2.05) is 6.92 Å². The second-order valence-corrected chi connectivity index (χ2v) is 4.79. The molecule has 0 N–H and O–H groups in total. The Morgan fingerprint density at radius 2 is 2.25 bits per heavy atom. The first-order chi connectivity index (χ1) is 7.76. The summed E-state index contributed by atoms with van der Waals surface area (Å²) in [5.74, 6) is 0. The highest BCUT2D eigenvalue weighted by atomic mass is 79.9. The number of allylic oxidation sites excluding steroid dienone is 4. The molecule has 0 amide bonds. The monoisotopic (exact) mass is 277 g/mol. The lowest BCUT2D eigenvalue weighted by molar-refractivity contribution is 0.967. The van der Waals surface area contributed by atoms with Crippen molar-refractivity contribution in [1.82, 2.24) is 0 Å². The van der Waals surface area contributed by atoms with Gasteiger partial charge in [-0.15, -0.1) is 0 Å². The van der Waals surface area contributed by atoms with E-state index >= 15 is 0 Å². The van der Waals surface area contributed by atoms with Gasteiger partial charge in [0.15, 0.2) is 0 Å². The summed E-state index contributed by atoms with van der Waals surface area (Å²) in [6.45, 7) is 5.27. The van der Waals surface area contributed by atoms with Gasteiger partial charge in [-0.2, -0.15) is 0 Å². The van der Waals surface area contributed by atoms with E-state index in [-0.39, 0.29) is 0 Å².